The van der Waals surface area contributed by atoms with Crippen molar-refractivity contribution < 1.29 is 32.7 Å². The lowest BCUT2D eigenvalue weighted by Crippen LogP contribution is -2.30. The average molecular weight is 339 g/mol. The van der Waals surface area contributed by atoms with E-state index in [-0.39, 0.29) is 5.02 Å². The maximum Gasteiger partial charge on any atom is 0.339 e. The first kappa shape index (κ1) is 17.2. The normalized spacial score (nSPS) is 11.1. The summed E-state index contributed by atoms with van der Waals surface area (Å²) in [5.41, 5.74) is 4.34. The van der Waals surface area contributed by atoms with Gasteiger partial charge in [0.2, 0.25) is 5.91 Å². The van der Waals surface area contributed by atoms with Gasteiger partial charge in [-0.1, -0.05) is 16.5 Å². The quantitative estimate of drug-likeness (QED) is 0.581. The lowest BCUT2D eigenvalue weighted by atomic mass is 10.2. The molecule has 11 heteroatoms. The van der Waals surface area contributed by atoms with E-state index < -0.39 is 44.7 Å². The minimum absolute atomic E-state index is 0.136. The molecule has 0 fully saturated rings. The number of sulfonamides is 1. The van der Waals surface area contributed by atoms with Gasteiger partial charge in [0.1, 0.15) is 17.1 Å². The molecule has 4 N–H and O–H groups in total. The Morgan fingerprint density at radius 2 is 2.05 bits per heavy atom. The highest BCUT2D eigenvalue weighted by Crippen LogP contribution is 2.31. The van der Waals surface area contributed by atoms with Gasteiger partial charge < -0.3 is 15.6 Å². The number of hydrogen-bond donors (Lipinski definition) is 3. The number of halogens is 1. The standard InChI is InChI=1S/C10H11ClN2O7S/c1-19-9-6(10(15)16)2-5(11)3-7(9)21(17,18)13-20-4-8(12)14/h2-3,13H,4H2,1H3,(H2,12,14)(H,15,16). The molecule has 0 aliphatic rings. The zero-order valence-corrected chi connectivity index (χ0v) is 12.2. The number of nitrogens with two attached hydrogens (primary N) is 1. The van der Waals surface area contributed by atoms with Gasteiger partial charge in [0.05, 0.1) is 7.11 Å². The van der Waals surface area contributed by atoms with Crippen LogP contribution in [0.2, 0.25) is 5.02 Å². The van der Waals surface area contributed by atoms with Gasteiger partial charge in [-0.3, -0.25) is 9.63 Å². The fraction of sp³-hybridized carbons (Fsp3) is 0.200. The van der Waals surface area contributed by atoms with Crippen LogP contribution >= 0.6 is 11.6 Å². The highest BCUT2D eigenvalue weighted by atomic mass is 35.5. The summed E-state index contributed by atoms with van der Waals surface area (Å²) in [6.45, 7) is -0.700. The molecule has 116 valence electrons. The summed E-state index contributed by atoms with van der Waals surface area (Å²) >= 11 is 5.69. The van der Waals surface area contributed by atoms with E-state index in [4.69, 9.17) is 27.2 Å². The van der Waals surface area contributed by atoms with Gasteiger partial charge in [-0.2, -0.15) is 0 Å². The molecule has 0 aliphatic carbocycles. The first-order valence-electron chi connectivity index (χ1n) is 5.21. The van der Waals surface area contributed by atoms with E-state index in [0.29, 0.717) is 0 Å². The Morgan fingerprint density at radius 1 is 1.43 bits per heavy atom. The van der Waals surface area contributed by atoms with Crippen molar-refractivity contribution in [1.82, 2.24) is 4.89 Å². The molecular weight excluding hydrogens is 328 g/mol. The molecule has 9 nitrogen and oxygen atoms in total. The molecule has 0 aliphatic heterocycles. The predicted octanol–water partition coefficient (Wildman–Crippen LogP) is -0.258. The minimum Gasteiger partial charge on any atom is -0.494 e. The smallest absolute Gasteiger partial charge is 0.339 e. The number of carboxylic acids is 1. The molecule has 0 aromatic heterocycles. The number of methoxy groups -OCH3 is 1. The molecule has 1 rings (SSSR count). The number of carbonyl (C=O) groups is 2. The molecule has 0 radical (unpaired) electrons. The third-order valence-corrected chi connectivity index (χ3v) is 3.56. The zero-order chi connectivity index (χ0) is 16.2. The molecule has 0 heterocycles. The number of amides is 1. The molecule has 0 saturated carbocycles. The third kappa shape index (κ3) is 4.29. The van der Waals surface area contributed by atoms with Crippen LogP contribution in [0.1, 0.15) is 10.4 Å². The van der Waals surface area contributed by atoms with E-state index in [0.717, 1.165) is 19.2 Å². The minimum atomic E-state index is -4.33. The summed E-state index contributed by atoms with van der Waals surface area (Å²) < 4.78 is 28.8. The van der Waals surface area contributed by atoms with Crippen LogP contribution in [0.4, 0.5) is 0 Å². The van der Waals surface area contributed by atoms with Gasteiger partial charge >= 0.3 is 5.97 Å². The topological polar surface area (TPSA) is 145 Å². The maximum atomic E-state index is 12.0. The van der Waals surface area contributed by atoms with Crippen LogP contribution in [0, 0.1) is 0 Å². The van der Waals surface area contributed by atoms with E-state index in [1.807, 2.05) is 0 Å². The van der Waals surface area contributed by atoms with Crippen molar-refractivity contribution in [1.29, 1.82) is 0 Å². The maximum absolute atomic E-state index is 12.0. The molecule has 21 heavy (non-hydrogen) atoms. The summed E-state index contributed by atoms with van der Waals surface area (Å²) in [5, 5.41) is 8.88. The van der Waals surface area contributed by atoms with Crippen LogP contribution in [0.5, 0.6) is 5.75 Å². The Kier molecular flexibility index (Phi) is 5.49. The summed E-state index contributed by atoms with van der Waals surface area (Å²) in [4.78, 5) is 27.0. The Balaban J connectivity index is 3.28. The van der Waals surface area contributed by atoms with Crippen molar-refractivity contribution in [3.05, 3.63) is 22.7 Å². The van der Waals surface area contributed by atoms with Crippen molar-refractivity contribution in [2.75, 3.05) is 13.7 Å². The second-order valence-corrected chi connectivity index (χ2v) is 5.68. The monoisotopic (exact) mass is 338 g/mol. The number of primary amides is 1. The highest BCUT2D eigenvalue weighted by Gasteiger charge is 2.26. The van der Waals surface area contributed by atoms with Gasteiger partial charge in [0.15, 0.2) is 5.75 Å². The molecule has 0 spiro atoms. The zero-order valence-electron chi connectivity index (χ0n) is 10.6. The van der Waals surface area contributed by atoms with Crippen LogP contribution in [0.15, 0.2) is 17.0 Å². The fourth-order valence-electron chi connectivity index (χ4n) is 1.36. The highest BCUT2D eigenvalue weighted by molar-refractivity contribution is 7.89. The van der Waals surface area contributed by atoms with Crippen molar-refractivity contribution in [3.8, 4) is 5.75 Å². The molecule has 0 bridgehead atoms. The van der Waals surface area contributed by atoms with Gasteiger partial charge in [-0.15, -0.1) is 0 Å². The number of carboxylic acid groups (broad SMARTS) is 1. The van der Waals surface area contributed by atoms with Crippen molar-refractivity contribution in [2.24, 2.45) is 5.73 Å². The van der Waals surface area contributed by atoms with E-state index in [9.17, 15) is 18.0 Å². The number of ether oxygens (including phenoxy) is 1. The summed E-state index contributed by atoms with van der Waals surface area (Å²) in [6, 6.07) is 2.01. The number of benzene rings is 1. The molecular formula is C10H11ClN2O7S. The molecule has 1 amide bonds. The largest absolute Gasteiger partial charge is 0.494 e. The SMILES string of the molecule is COc1c(C(=O)O)cc(Cl)cc1S(=O)(=O)NOCC(N)=O. The van der Waals surface area contributed by atoms with Gasteiger partial charge in [-0.05, 0) is 12.1 Å². The van der Waals surface area contributed by atoms with Crippen LogP contribution < -0.4 is 15.4 Å². The van der Waals surface area contributed by atoms with E-state index in [2.05, 4.69) is 4.84 Å². The van der Waals surface area contributed by atoms with Gasteiger partial charge in [0, 0.05) is 5.02 Å². The van der Waals surface area contributed by atoms with Crippen LogP contribution in [0.3, 0.4) is 0 Å². The second kappa shape index (κ2) is 6.72. The van der Waals surface area contributed by atoms with Crippen LogP contribution in [-0.2, 0) is 19.7 Å². The average Bonchev–Trinajstić information content (AvgIpc) is 2.36. The summed E-state index contributed by atoms with van der Waals surface area (Å²) in [6.07, 6.45) is 0. The van der Waals surface area contributed by atoms with Gasteiger partial charge in [-0.25, -0.2) is 13.2 Å². The Labute approximate surface area is 124 Å². The van der Waals surface area contributed by atoms with E-state index in [1.54, 1.807) is 4.89 Å². The molecule has 0 unspecified atom stereocenters. The first-order valence-corrected chi connectivity index (χ1v) is 7.08. The fourth-order valence-corrected chi connectivity index (χ4v) is 2.67. The van der Waals surface area contributed by atoms with E-state index >= 15 is 0 Å². The summed E-state index contributed by atoms with van der Waals surface area (Å²) in [5.74, 6) is -2.76. The van der Waals surface area contributed by atoms with Crippen molar-refractivity contribution >= 4 is 33.5 Å². The Bertz CT molecular complexity index is 674. The lowest BCUT2D eigenvalue weighted by Gasteiger charge is -2.13. The van der Waals surface area contributed by atoms with Crippen LogP contribution in [-0.4, -0.2) is 39.1 Å². The van der Waals surface area contributed by atoms with Crippen molar-refractivity contribution in [2.45, 2.75) is 4.90 Å². The predicted molar refractivity (Wildman–Crippen MR) is 70.4 cm³/mol. The van der Waals surface area contributed by atoms with Crippen LogP contribution in [0.25, 0.3) is 0 Å². The number of carbonyl (C=O) groups excluding carboxylic acids is 1. The second-order valence-electron chi connectivity index (χ2n) is 3.63. The Morgan fingerprint density at radius 3 is 2.52 bits per heavy atom. The van der Waals surface area contributed by atoms with E-state index in [1.165, 1.54) is 0 Å². The number of rotatable bonds is 7. The Hall–Kier alpha value is -1.88. The number of nitrogens with one attached hydrogen (secondary N) is 1. The number of aromatic carboxylic acids is 1. The van der Waals surface area contributed by atoms with Gasteiger partial charge in [0.25, 0.3) is 10.0 Å². The lowest BCUT2D eigenvalue weighted by molar-refractivity contribution is -0.123. The number of hydrogen-bond acceptors (Lipinski definition) is 6. The molecule has 1 aromatic rings. The molecule has 0 atom stereocenters. The molecule has 1 aromatic carbocycles. The summed E-state index contributed by atoms with van der Waals surface area (Å²) in [7, 11) is -3.23. The first-order chi connectivity index (χ1) is 9.69. The third-order valence-electron chi connectivity index (χ3n) is 2.13. The van der Waals surface area contributed by atoms with Crippen molar-refractivity contribution in [3.63, 3.8) is 0 Å². The molecule has 0 saturated heterocycles.